The molecule has 0 fully saturated rings. The van der Waals surface area contributed by atoms with Gasteiger partial charge in [0.05, 0.1) is 27.3 Å². The number of halogens is 1. The first kappa shape index (κ1) is 18.4. The molecule has 0 saturated carbocycles. The van der Waals surface area contributed by atoms with Crippen LogP contribution in [-0.4, -0.2) is 22.9 Å². The fourth-order valence-corrected chi connectivity index (χ4v) is 4.16. The minimum atomic E-state index is -1.11. The van der Waals surface area contributed by atoms with Crippen molar-refractivity contribution in [1.82, 2.24) is 9.97 Å². The first-order chi connectivity index (χ1) is 12.2. The monoisotopic (exact) mass is 371 g/mol. The minimum absolute atomic E-state index is 0.0284. The van der Waals surface area contributed by atoms with E-state index in [1.54, 1.807) is 20.0 Å². The Morgan fingerprint density at radius 1 is 1.35 bits per heavy atom. The van der Waals surface area contributed by atoms with E-state index in [0.29, 0.717) is 17.7 Å². The Balaban J connectivity index is 2.29. The molecule has 0 aromatic carbocycles. The molecule has 1 unspecified atom stereocenters. The van der Waals surface area contributed by atoms with E-state index in [4.69, 9.17) is 4.74 Å². The van der Waals surface area contributed by atoms with Crippen LogP contribution in [0.25, 0.3) is 10.4 Å². The van der Waals surface area contributed by atoms with E-state index in [9.17, 15) is 14.4 Å². The van der Waals surface area contributed by atoms with Gasteiger partial charge in [-0.2, -0.15) is 5.26 Å². The second-order valence-corrected chi connectivity index (χ2v) is 8.18. The number of aromatic nitrogens is 2. The summed E-state index contributed by atoms with van der Waals surface area (Å²) in [5.41, 5.74) is -0.869. The maximum Gasteiger partial charge on any atom is 0.178 e. The van der Waals surface area contributed by atoms with Crippen molar-refractivity contribution in [1.29, 1.82) is 5.26 Å². The van der Waals surface area contributed by atoms with Crippen molar-refractivity contribution in [2.45, 2.75) is 32.8 Å². The van der Waals surface area contributed by atoms with Gasteiger partial charge < -0.3 is 4.74 Å². The molecule has 1 aliphatic rings. The van der Waals surface area contributed by atoms with Crippen molar-refractivity contribution in [3.8, 4) is 16.5 Å². The SMILES string of the molecule is COC1(c2ncc(F)cc2-c2cnc(C)s2)C=C(C#N)C(=O)C(C)(C)C1. The summed E-state index contributed by atoms with van der Waals surface area (Å²) in [6, 6.07) is 3.35. The molecular formula is C19H18FN3O2S. The van der Waals surface area contributed by atoms with Gasteiger partial charge in [-0.25, -0.2) is 9.37 Å². The van der Waals surface area contributed by atoms with Gasteiger partial charge in [0.1, 0.15) is 17.5 Å². The second-order valence-electron chi connectivity index (χ2n) is 6.95. The molecule has 3 rings (SSSR count). The number of ether oxygens (including phenoxy) is 1. The molecule has 0 saturated heterocycles. The van der Waals surface area contributed by atoms with Crippen LogP contribution in [0.5, 0.6) is 0 Å². The predicted octanol–water partition coefficient (Wildman–Crippen LogP) is 3.94. The third-order valence-corrected chi connectivity index (χ3v) is 5.51. The molecule has 0 radical (unpaired) electrons. The molecule has 5 nitrogen and oxygen atoms in total. The van der Waals surface area contributed by atoms with E-state index in [1.807, 2.05) is 13.0 Å². The summed E-state index contributed by atoms with van der Waals surface area (Å²) in [4.78, 5) is 21.8. The zero-order chi connectivity index (χ0) is 19.1. The van der Waals surface area contributed by atoms with Crippen LogP contribution in [0.3, 0.4) is 0 Å². The van der Waals surface area contributed by atoms with Crippen molar-refractivity contribution in [2.24, 2.45) is 5.41 Å². The number of pyridine rings is 1. The van der Waals surface area contributed by atoms with E-state index < -0.39 is 16.8 Å². The van der Waals surface area contributed by atoms with E-state index in [1.165, 1.54) is 30.6 Å². The van der Waals surface area contributed by atoms with Gasteiger partial charge in [0.2, 0.25) is 0 Å². The maximum atomic E-state index is 14.0. The van der Waals surface area contributed by atoms with Gasteiger partial charge in [-0.1, -0.05) is 13.8 Å². The highest BCUT2D eigenvalue weighted by Crippen LogP contribution is 2.47. The standard InChI is InChI=1S/C19H18FN3O2S/c1-11-22-9-15(26-11)14-5-13(20)8-23-16(14)19(25-4)6-12(7-21)17(24)18(2,3)10-19/h5-6,8-9H,10H2,1-4H3. The summed E-state index contributed by atoms with van der Waals surface area (Å²) in [6.45, 7) is 5.41. The van der Waals surface area contributed by atoms with Gasteiger partial charge in [-0.3, -0.25) is 9.78 Å². The maximum absolute atomic E-state index is 14.0. The number of Topliss-reactive ketones (excluding diaryl/α,β-unsaturated/α-hetero) is 1. The molecule has 2 heterocycles. The molecule has 0 amide bonds. The number of methoxy groups -OCH3 is 1. The number of carbonyl (C=O) groups is 1. The number of nitrogens with zero attached hydrogens (tertiary/aromatic N) is 3. The number of rotatable bonds is 3. The Morgan fingerprint density at radius 2 is 2.08 bits per heavy atom. The molecule has 7 heteroatoms. The fraction of sp³-hybridized carbons (Fsp3) is 0.368. The van der Waals surface area contributed by atoms with Gasteiger partial charge in [0.25, 0.3) is 0 Å². The lowest BCUT2D eigenvalue weighted by Crippen LogP contribution is -2.42. The number of ketones is 1. The summed E-state index contributed by atoms with van der Waals surface area (Å²) in [6.07, 6.45) is 4.59. The Kier molecular flexibility index (Phi) is 4.51. The van der Waals surface area contributed by atoms with Crippen LogP contribution in [0.1, 0.15) is 31.0 Å². The molecule has 134 valence electrons. The summed E-state index contributed by atoms with van der Waals surface area (Å²) in [5.74, 6) is -0.707. The van der Waals surface area contributed by atoms with Crippen LogP contribution in [0, 0.1) is 29.5 Å². The summed E-state index contributed by atoms with van der Waals surface area (Å²) in [7, 11) is 1.50. The summed E-state index contributed by atoms with van der Waals surface area (Å²) < 4.78 is 19.8. The van der Waals surface area contributed by atoms with Crippen molar-refractivity contribution in [3.63, 3.8) is 0 Å². The Bertz CT molecular complexity index is 958. The first-order valence-electron chi connectivity index (χ1n) is 8.04. The molecule has 0 aliphatic heterocycles. The normalized spacial score (nSPS) is 22.0. The van der Waals surface area contributed by atoms with Gasteiger partial charge in [0.15, 0.2) is 5.78 Å². The fourth-order valence-electron chi connectivity index (χ4n) is 3.36. The quantitative estimate of drug-likeness (QED) is 0.817. The lowest BCUT2D eigenvalue weighted by molar-refractivity contribution is -0.128. The summed E-state index contributed by atoms with van der Waals surface area (Å²) >= 11 is 1.42. The smallest absolute Gasteiger partial charge is 0.178 e. The Labute approximate surface area is 155 Å². The third-order valence-electron chi connectivity index (χ3n) is 4.57. The Morgan fingerprint density at radius 3 is 2.65 bits per heavy atom. The number of thiazole rings is 1. The van der Waals surface area contributed by atoms with Gasteiger partial charge in [0, 0.05) is 24.3 Å². The zero-order valence-corrected chi connectivity index (χ0v) is 15.8. The predicted molar refractivity (Wildman–Crippen MR) is 95.8 cm³/mol. The molecule has 2 aromatic heterocycles. The number of allylic oxidation sites excluding steroid dienone is 1. The van der Waals surface area contributed by atoms with Crippen molar-refractivity contribution < 1.29 is 13.9 Å². The van der Waals surface area contributed by atoms with E-state index in [-0.39, 0.29) is 11.4 Å². The molecule has 2 aromatic rings. The highest BCUT2D eigenvalue weighted by Gasteiger charge is 2.48. The molecule has 1 atom stereocenters. The van der Waals surface area contributed by atoms with Crippen LogP contribution in [0.4, 0.5) is 4.39 Å². The van der Waals surface area contributed by atoms with E-state index in [0.717, 1.165) is 16.1 Å². The lowest BCUT2D eigenvalue weighted by atomic mass is 9.68. The van der Waals surface area contributed by atoms with Crippen molar-refractivity contribution >= 4 is 17.1 Å². The molecule has 0 N–H and O–H groups in total. The molecular weight excluding hydrogens is 353 g/mol. The van der Waals surface area contributed by atoms with E-state index >= 15 is 0 Å². The van der Waals surface area contributed by atoms with Gasteiger partial charge >= 0.3 is 0 Å². The lowest BCUT2D eigenvalue weighted by Gasteiger charge is -2.40. The highest BCUT2D eigenvalue weighted by atomic mass is 32.1. The van der Waals surface area contributed by atoms with Crippen molar-refractivity contribution in [2.75, 3.05) is 7.11 Å². The van der Waals surface area contributed by atoms with Crippen LogP contribution in [0.2, 0.25) is 0 Å². The topological polar surface area (TPSA) is 75.9 Å². The van der Waals surface area contributed by atoms with Crippen LogP contribution in [0.15, 0.2) is 30.1 Å². The largest absolute Gasteiger partial charge is 0.368 e. The minimum Gasteiger partial charge on any atom is -0.368 e. The number of carbonyl (C=O) groups excluding carboxylic acids is 1. The third kappa shape index (κ3) is 2.96. The van der Waals surface area contributed by atoms with Gasteiger partial charge in [-0.05, 0) is 25.5 Å². The summed E-state index contributed by atoms with van der Waals surface area (Å²) in [5, 5.41) is 10.3. The Hall–Kier alpha value is -2.43. The van der Waals surface area contributed by atoms with Crippen LogP contribution >= 0.6 is 11.3 Å². The molecule has 0 bridgehead atoms. The van der Waals surface area contributed by atoms with Crippen LogP contribution in [-0.2, 0) is 15.1 Å². The average Bonchev–Trinajstić information content (AvgIpc) is 3.03. The number of aryl methyl sites for hydroxylation is 1. The zero-order valence-electron chi connectivity index (χ0n) is 15.0. The number of hydrogen-bond donors (Lipinski definition) is 0. The first-order valence-corrected chi connectivity index (χ1v) is 8.86. The molecule has 1 aliphatic carbocycles. The molecule has 0 spiro atoms. The molecule has 26 heavy (non-hydrogen) atoms. The highest BCUT2D eigenvalue weighted by molar-refractivity contribution is 7.15. The second kappa shape index (κ2) is 6.38. The van der Waals surface area contributed by atoms with Gasteiger partial charge in [-0.15, -0.1) is 11.3 Å². The number of nitriles is 1. The average molecular weight is 371 g/mol. The number of hydrogen-bond acceptors (Lipinski definition) is 6. The van der Waals surface area contributed by atoms with Crippen LogP contribution < -0.4 is 0 Å². The van der Waals surface area contributed by atoms with Crippen molar-refractivity contribution in [3.05, 3.63) is 46.6 Å². The van der Waals surface area contributed by atoms with E-state index in [2.05, 4.69) is 9.97 Å².